The topological polar surface area (TPSA) is 71.7 Å². The summed E-state index contributed by atoms with van der Waals surface area (Å²) < 4.78 is 30.2. The summed E-state index contributed by atoms with van der Waals surface area (Å²) in [5, 5.41) is 0.629. The van der Waals surface area contributed by atoms with E-state index in [2.05, 4.69) is 11.9 Å². The summed E-state index contributed by atoms with van der Waals surface area (Å²) in [4.78, 5) is 17.9. The number of carbonyl (C=O) groups excluding carboxylic acids is 1. The van der Waals surface area contributed by atoms with E-state index < -0.39 is 15.9 Å². The maximum atomic E-state index is 13.0. The molecule has 34 heavy (non-hydrogen) atoms. The second-order valence-electron chi connectivity index (χ2n) is 7.84. The van der Waals surface area contributed by atoms with E-state index in [1.165, 1.54) is 47.0 Å². The predicted octanol–water partition coefficient (Wildman–Crippen LogP) is 5.33. The van der Waals surface area contributed by atoms with Gasteiger partial charge in [-0.05, 0) is 54.4 Å². The first kappa shape index (κ1) is 24.3. The van der Waals surface area contributed by atoms with Crippen LogP contribution in [-0.2, 0) is 23.1 Å². The van der Waals surface area contributed by atoms with Crippen LogP contribution in [0.25, 0.3) is 10.2 Å². The maximum Gasteiger partial charge on any atom is 0.279 e. The summed E-state index contributed by atoms with van der Waals surface area (Å²) in [6.45, 7) is 3.04. The van der Waals surface area contributed by atoms with E-state index in [4.69, 9.17) is 11.6 Å². The molecular weight excluding hydrogens is 490 g/mol. The molecule has 0 aliphatic heterocycles. The Kier molecular flexibility index (Phi) is 7.33. The van der Waals surface area contributed by atoms with Crippen LogP contribution in [0.4, 0.5) is 0 Å². The third-order valence-electron chi connectivity index (χ3n) is 5.35. The molecule has 0 aliphatic rings. The average molecular weight is 514 g/mol. The fourth-order valence-electron chi connectivity index (χ4n) is 3.60. The van der Waals surface area contributed by atoms with Gasteiger partial charge in [-0.15, -0.1) is 0 Å². The molecule has 0 saturated heterocycles. The lowest BCUT2D eigenvalue weighted by Gasteiger charge is -2.17. The van der Waals surface area contributed by atoms with Gasteiger partial charge in [0.15, 0.2) is 4.80 Å². The highest BCUT2D eigenvalue weighted by Crippen LogP contribution is 2.22. The average Bonchev–Trinajstić information content (AvgIpc) is 3.15. The molecule has 4 rings (SSSR count). The van der Waals surface area contributed by atoms with Gasteiger partial charge in [0.25, 0.3) is 5.91 Å². The Balaban J connectivity index is 1.60. The van der Waals surface area contributed by atoms with Crippen LogP contribution in [0, 0.1) is 0 Å². The van der Waals surface area contributed by atoms with Crippen molar-refractivity contribution in [2.24, 2.45) is 4.99 Å². The van der Waals surface area contributed by atoms with Gasteiger partial charge in [0.2, 0.25) is 10.0 Å². The van der Waals surface area contributed by atoms with E-state index in [0.29, 0.717) is 15.4 Å². The third kappa shape index (κ3) is 5.15. The third-order valence-corrected chi connectivity index (χ3v) is 8.44. The first-order chi connectivity index (χ1) is 16.3. The van der Waals surface area contributed by atoms with E-state index >= 15 is 0 Å². The highest BCUT2D eigenvalue weighted by Gasteiger charge is 2.21. The number of benzene rings is 3. The largest absolute Gasteiger partial charge is 0.316 e. The molecule has 0 aliphatic carbocycles. The summed E-state index contributed by atoms with van der Waals surface area (Å²) in [6.07, 6.45) is 0.888. The van der Waals surface area contributed by atoms with E-state index in [0.717, 1.165) is 28.7 Å². The molecule has 0 atom stereocenters. The van der Waals surface area contributed by atoms with Crippen molar-refractivity contribution in [2.45, 2.75) is 31.3 Å². The van der Waals surface area contributed by atoms with Crippen molar-refractivity contribution < 1.29 is 13.2 Å². The molecule has 176 valence electrons. The van der Waals surface area contributed by atoms with Crippen LogP contribution in [0.15, 0.2) is 82.7 Å². The smallest absolute Gasteiger partial charge is 0.279 e. The quantitative estimate of drug-likeness (QED) is 0.335. The van der Waals surface area contributed by atoms with Gasteiger partial charge in [0, 0.05) is 30.7 Å². The molecule has 0 fully saturated rings. The van der Waals surface area contributed by atoms with Crippen LogP contribution >= 0.6 is 22.9 Å². The minimum atomic E-state index is -3.70. The molecule has 1 aromatic heterocycles. The minimum absolute atomic E-state index is 0.125. The van der Waals surface area contributed by atoms with Gasteiger partial charge >= 0.3 is 0 Å². The lowest BCUT2D eigenvalue weighted by atomic mass is 10.2. The molecule has 4 aromatic rings. The van der Waals surface area contributed by atoms with E-state index in [1.807, 2.05) is 53.1 Å². The molecule has 0 saturated carbocycles. The van der Waals surface area contributed by atoms with Crippen molar-refractivity contribution in [2.75, 3.05) is 7.05 Å². The zero-order chi connectivity index (χ0) is 24.3. The van der Waals surface area contributed by atoms with Crippen LogP contribution in [0.1, 0.15) is 29.3 Å². The Bertz CT molecular complexity index is 1490. The van der Waals surface area contributed by atoms with Crippen LogP contribution in [0.5, 0.6) is 0 Å². The molecule has 6 nitrogen and oxygen atoms in total. The fourth-order valence-corrected chi connectivity index (χ4v) is 6.09. The molecule has 9 heteroatoms. The lowest BCUT2D eigenvalue weighted by molar-refractivity contribution is 0.0997. The van der Waals surface area contributed by atoms with Gasteiger partial charge in [0.1, 0.15) is 0 Å². The number of hydrogen-bond acceptors (Lipinski definition) is 4. The van der Waals surface area contributed by atoms with Gasteiger partial charge in [-0.1, -0.05) is 60.2 Å². The van der Waals surface area contributed by atoms with Gasteiger partial charge in [-0.3, -0.25) is 4.79 Å². The highest BCUT2D eigenvalue weighted by molar-refractivity contribution is 7.89. The number of nitrogens with zero attached hydrogens (tertiary/aromatic N) is 3. The number of aryl methyl sites for hydroxylation is 1. The van der Waals surface area contributed by atoms with Crippen LogP contribution < -0.4 is 4.80 Å². The molecular formula is C25H24ClN3O3S2. The second-order valence-corrected chi connectivity index (χ2v) is 11.3. The molecule has 0 N–H and O–H groups in total. The minimum Gasteiger partial charge on any atom is -0.316 e. The molecule has 1 heterocycles. The fraction of sp³-hybridized carbons (Fsp3) is 0.200. The van der Waals surface area contributed by atoms with Crippen molar-refractivity contribution in [1.29, 1.82) is 0 Å². The summed E-state index contributed by atoms with van der Waals surface area (Å²) in [5.41, 5.74) is 2.19. The molecule has 0 radical (unpaired) electrons. The molecule has 0 spiro atoms. The Morgan fingerprint density at radius 1 is 1.06 bits per heavy atom. The Hall–Kier alpha value is -2.78. The number of amides is 1. The first-order valence-electron chi connectivity index (χ1n) is 10.8. The normalized spacial score (nSPS) is 12.5. The Labute approximate surface area is 207 Å². The highest BCUT2D eigenvalue weighted by atomic mass is 35.5. The van der Waals surface area contributed by atoms with E-state index in [1.54, 1.807) is 0 Å². The summed E-state index contributed by atoms with van der Waals surface area (Å²) in [6, 6.07) is 20.9. The maximum absolute atomic E-state index is 13.0. The van der Waals surface area contributed by atoms with Crippen molar-refractivity contribution in [3.63, 3.8) is 0 Å². The second kappa shape index (κ2) is 10.2. The molecule has 0 unspecified atom stereocenters. The Morgan fingerprint density at radius 2 is 1.76 bits per heavy atom. The SMILES string of the molecule is CCCn1c(=NC(=O)c2ccc(S(=O)(=O)N(C)Cc3ccccc3)cc2)sc2cc(Cl)ccc21. The van der Waals surface area contributed by atoms with Crippen molar-refractivity contribution in [1.82, 2.24) is 8.87 Å². The standard InChI is InChI=1S/C25H24ClN3O3S2/c1-3-15-29-22-14-11-20(26)16-23(22)33-25(29)27-24(30)19-9-12-21(13-10-19)34(31,32)28(2)17-18-7-5-4-6-8-18/h4-14,16H,3,15,17H2,1-2H3. The van der Waals surface area contributed by atoms with Crippen LogP contribution in [0.3, 0.4) is 0 Å². The number of halogens is 1. The van der Waals surface area contributed by atoms with Crippen LogP contribution in [0.2, 0.25) is 5.02 Å². The van der Waals surface area contributed by atoms with E-state index in [9.17, 15) is 13.2 Å². The summed E-state index contributed by atoms with van der Waals surface area (Å²) >= 11 is 7.53. The van der Waals surface area contributed by atoms with Gasteiger partial charge < -0.3 is 4.57 Å². The van der Waals surface area contributed by atoms with Crippen molar-refractivity contribution in [3.05, 3.63) is 93.7 Å². The number of carbonyl (C=O) groups is 1. The number of rotatable bonds is 7. The van der Waals surface area contributed by atoms with Gasteiger partial charge in [0.05, 0.1) is 15.1 Å². The number of hydrogen-bond donors (Lipinski definition) is 0. The molecule has 3 aromatic carbocycles. The van der Waals surface area contributed by atoms with Gasteiger partial charge in [-0.25, -0.2) is 8.42 Å². The number of aromatic nitrogens is 1. The first-order valence-corrected chi connectivity index (χ1v) is 13.4. The monoisotopic (exact) mass is 513 g/mol. The van der Waals surface area contributed by atoms with Crippen LogP contribution in [-0.4, -0.2) is 30.2 Å². The van der Waals surface area contributed by atoms with Crippen molar-refractivity contribution in [3.8, 4) is 0 Å². The molecule has 1 amide bonds. The summed E-state index contributed by atoms with van der Waals surface area (Å²) in [5.74, 6) is -0.427. The molecule has 0 bridgehead atoms. The number of fused-ring (bicyclic) bond motifs is 1. The van der Waals surface area contributed by atoms with Gasteiger partial charge in [-0.2, -0.15) is 9.30 Å². The van der Waals surface area contributed by atoms with E-state index in [-0.39, 0.29) is 11.4 Å². The number of sulfonamides is 1. The predicted molar refractivity (Wildman–Crippen MR) is 137 cm³/mol. The Morgan fingerprint density at radius 3 is 2.44 bits per heavy atom. The zero-order valence-corrected chi connectivity index (χ0v) is 21.2. The zero-order valence-electron chi connectivity index (χ0n) is 18.8. The van der Waals surface area contributed by atoms with Crippen molar-refractivity contribution >= 4 is 49.1 Å². The number of thiazole rings is 1. The lowest BCUT2D eigenvalue weighted by Crippen LogP contribution is -2.26. The summed E-state index contributed by atoms with van der Waals surface area (Å²) in [7, 11) is -2.16.